The van der Waals surface area contributed by atoms with Crippen LogP contribution in [0, 0.1) is 0 Å². The van der Waals surface area contributed by atoms with Crippen molar-refractivity contribution in [2.75, 3.05) is 18.7 Å². The van der Waals surface area contributed by atoms with Crippen molar-refractivity contribution < 1.29 is 14.2 Å². The maximum Gasteiger partial charge on any atom is 0.231 e. The number of hydrogen-bond donors (Lipinski definition) is 1. The molecular formula is C23H21ClN2O3S. The number of ether oxygens (including phenoxy) is 3. The highest BCUT2D eigenvalue weighted by Crippen LogP contribution is 2.51. The van der Waals surface area contributed by atoms with Crippen molar-refractivity contribution in [3.63, 3.8) is 0 Å². The molecule has 0 saturated heterocycles. The molecular weight excluding hydrogens is 420 g/mol. The highest BCUT2D eigenvalue weighted by atomic mass is 35.5. The fraction of sp³-hybridized carbons (Fsp3) is 0.261. The number of thiazole rings is 1. The molecule has 1 atom stereocenters. The molecule has 2 aliphatic rings. The molecule has 30 heavy (non-hydrogen) atoms. The van der Waals surface area contributed by atoms with Gasteiger partial charge in [-0.15, -0.1) is 6.58 Å². The van der Waals surface area contributed by atoms with Crippen molar-refractivity contribution in [1.29, 1.82) is 0 Å². The Morgan fingerprint density at radius 3 is 2.87 bits per heavy atom. The Morgan fingerprint density at radius 1 is 1.23 bits per heavy atom. The molecule has 1 aliphatic heterocycles. The highest BCUT2D eigenvalue weighted by Gasteiger charge is 2.45. The minimum atomic E-state index is -0.287. The van der Waals surface area contributed by atoms with Gasteiger partial charge in [0, 0.05) is 16.8 Å². The Balaban J connectivity index is 1.39. The van der Waals surface area contributed by atoms with Gasteiger partial charge in [-0.05, 0) is 36.6 Å². The summed E-state index contributed by atoms with van der Waals surface area (Å²) >= 11 is 8.02. The summed E-state index contributed by atoms with van der Waals surface area (Å²) in [7, 11) is 0. The fourth-order valence-electron chi connectivity index (χ4n) is 3.65. The average Bonchev–Trinajstić information content (AvgIpc) is 3.16. The molecule has 1 aliphatic carbocycles. The largest absolute Gasteiger partial charge is 0.454 e. The first-order chi connectivity index (χ1) is 14.7. The number of anilines is 1. The average molecular weight is 441 g/mol. The Kier molecular flexibility index (Phi) is 5.15. The van der Waals surface area contributed by atoms with Crippen LogP contribution in [0.3, 0.4) is 0 Å². The van der Waals surface area contributed by atoms with Crippen LogP contribution in [0.2, 0.25) is 5.02 Å². The van der Waals surface area contributed by atoms with E-state index in [1.54, 1.807) is 17.4 Å². The van der Waals surface area contributed by atoms with E-state index in [2.05, 4.69) is 29.0 Å². The topological polar surface area (TPSA) is 52.6 Å². The van der Waals surface area contributed by atoms with Gasteiger partial charge in [0.05, 0.1) is 17.0 Å². The minimum absolute atomic E-state index is 0.113. The zero-order valence-corrected chi connectivity index (χ0v) is 17.8. The molecule has 154 valence electrons. The third kappa shape index (κ3) is 3.67. The Morgan fingerprint density at radius 2 is 2.07 bits per heavy atom. The monoisotopic (exact) mass is 440 g/mol. The number of hydrogen-bond acceptors (Lipinski definition) is 6. The highest BCUT2D eigenvalue weighted by molar-refractivity contribution is 7.15. The molecule has 3 aromatic rings. The van der Waals surface area contributed by atoms with Crippen molar-refractivity contribution in [2.24, 2.45) is 0 Å². The number of rotatable bonds is 8. The van der Waals surface area contributed by atoms with E-state index in [0.717, 1.165) is 39.9 Å². The summed E-state index contributed by atoms with van der Waals surface area (Å²) < 4.78 is 17.0. The molecule has 5 nitrogen and oxygen atoms in total. The van der Waals surface area contributed by atoms with Gasteiger partial charge >= 0.3 is 0 Å². The second-order valence-corrected chi connectivity index (χ2v) is 8.84. The first-order valence-electron chi connectivity index (χ1n) is 9.79. The number of nitrogens with zero attached hydrogens (tertiary/aromatic N) is 1. The van der Waals surface area contributed by atoms with Crippen molar-refractivity contribution in [3.05, 3.63) is 82.3 Å². The van der Waals surface area contributed by atoms with Crippen LogP contribution < -0.4 is 14.8 Å². The molecule has 5 rings (SSSR count). The minimum Gasteiger partial charge on any atom is -0.454 e. The van der Waals surface area contributed by atoms with Gasteiger partial charge in [-0.2, -0.15) is 0 Å². The smallest absolute Gasteiger partial charge is 0.231 e. The maximum atomic E-state index is 6.44. The lowest BCUT2D eigenvalue weighted by Gasteiger charge is -2.18. The van der Waals surface area contributed by atoms with Gasteiger partial charge in [0.15, 0.2) is 16.6 Å². The van der Waals surface area contributed by atoms with E-state index in [4.69, 9.17) is 25.8 Å². The molecule has 1 aromatic heterocycles. The first kappa shape index (κ1) is 19.4. The number of halogens is 1. The van der Waals surface area contributed by atoms with E-state index in [9.17, 15) is 0 Å². The van der Waals surface area contributed by atoms with E-state index in [1.807, 2.05) is 36.5 Å². The van der Waals surface area contributed by atoms with Gasteiger partial charge in [0.25, 0.3) is 0 Å². The Hall–Kier alpha value is -2.54. The van der Waals surface area contributed by atoms with E-state index in [1.165, 1.54) is 5.56 Å². The van der Waals surface area contributed by atoms with Gasteiger partial charge in [0.1, 0.15) is 6.10 Å². The van der Waals surface area contributed by atoms with Gasteiger partial charge in [0.2, 0.25) is 6.79 Å². The molecule has 0 radical (unpaired) electrons. The lowest BCUT2D eigenvalue weighted by atomic mass is 10.0. The lowest BCUT2D eigenvalue weighted by Crippen LogP contribution is -2.18. The second-order valence-electron chi connectivity index (χ2n) is 7.37. The number of nitrogens with one attached hydrogen (secondary N) is 1. The van der Waals surface area contributed by atoms with Crippen LogP contribution in [0.25, 0.3) is 0 Å². The summed E-state index contributed by atoms with van der Waals surface area (Å²) in [5, 5.41) is 5.17. The van der Waals surface area contributed by atoms with E-state index in [-0.39, 0.29) is 18.4 Å². The fourth-order valence-corrected chi connectivity index (χ4v) is 4.87. The number of fused-ring (bicyclic) bond motifs is 1. The third-order valence-corrected chi connectivity index (χ3v) is 6.67. The normalized spacial score (nSPS) is 16.8. The van der Waals surface area contributed by atoms with Crippen molar-refractivity contribution in [3.8, 4) is 11.5 Å². The Bertz CT molecular complexity index is 1080. The van der Waals surface area contributed by atoms with Crippen LogP contribution in [0.1, 0.15) is 34.9 Å². The van der Waals surface area contributed by atoms with Crippen LogP contribution >= 0.6 is 22.9 Å². The molecule has 0 bridgehead atoms. The van der Waals surface area contributed by atoms with Crippen LogP contribution in [-0.2, 0) is 10.3 Å². The van der Waals surface area contributed by atoms with E-state index >= 15 is 0 Å². The molecule has 1 unspecified atom stereocenters. The first-order valence-corrected chi connectivity index (χ1v) is 11.0. The van der Waals surface area contributed by atoms with Crippen molar-refractivity contribution in [2.45, 2.75) is 24.5 Å². The van der Waals surface area contributed by atoms with Crippen LogP contribution in [0.15, 0.2) is 61.3 Å². The predicted octanol–water partition coefficient (Wildman–Crippen LogP) is 5.92. The van der Waals surface area contributed by atoms with Crippen molar-refractivity contribution >= 4 is 28.1 Å². The molecule has 1 fully saturated rings. The quantitative estimate of drug-likeness (QED) is 0.441. The molecule has 2 aromatic carbocycles. The second kappa shape index (κ2) is 7.95. The van der Waals surface area contributed by atoms with Crippen LogP contribution in [0.4, 0.5) is 5.13 Å². The van der Waals surface area contributed by atoms with Gasteiger partial charge in [-0.3, -0.25) is 0 Å². The number of aromatic nitrogens is 1. The summed E-state index contributed by atoms with van der Waals surface area (Å²) in [5.41, 5.74) is 2.00. The molecule has 0 spiro atoms. The van der Waals surface area contributed by atoms with Crippen molar-refractivity contribution in [1.82, 2.24) is 4.98 Å². The zero-order valence-electron chi connectivity index (χ0n) is 16.3. The molecule has 0 amide bonds. The van der Waals surface area contributed by atoms with Gasteiger partial charge in [-0.1, -0.05) is 53.3 Å². The molecule has 7 heteroatoms. The zero-order chi connectivity index (χ0) is 20.6. The van der Waals surface area contributed by atoms with Crippen LogP contribution in [0.5, 0.6) is 11.5 Å². The van der Waals surface area contributed by atoms with Crippen LogP contribution in [-0.4, -0.2) is 18.4 Å². The standard InChI is InChI=1S/C23H21ClN2O3S/c1-2-11-27-21(16-5-3-4-6-17(16)24)20-13-25-22(30-20)26-23(9-10-23)15-7-8-18-19(12-15)29-14-28-18/h2-8,12-13,21H,1,9-11,14H2,(H,25,26). The maximum absolute atomic E-state index is 6.44. The van der Waals surface area contributed by atoms with E-state index < -0.39 is 0 Å². The predicted molar refractivity (Wildman–Crippen MR) is 119 cm³/mol. The summed E-state index contributed by atoms with van der Waals surface area (Å²) in [4.78, 5) is 5.62. The summed E-state index contributed by atoms with van der Waals surface area (Å²) in [5.74, 6) is 1.60. The van der Waals surface area contributed by atoms with Gasteiger partial charge in [-0.25, -0.2) is 4.98 Å². The lowest BCUT2D eigenvalue weighted by molar-refractivity contribution is 0.107. The summed E-state index contributed by atoms with van der Waals surface area (Å²) in [6.07, 6.45) is 5.40. The number of benzene rings is 2. The molecule has 1 saturated carbocycles. The Labute approximate surface area is 184 Å². The SMILES string of the molecule is C=CCOC(c1cnc(NC2(c3ccc4c(c3)OCO4)CC2)s1)c1ccccc1Cl. The van der Waals surface area contributed by atoms with E-state index in [0.29, 0.717) is 11.6 Å². The summed E-state index contributed by atoms with van der Waals surface area (Å²) in [6, 6.07) is 13.9. The molecule has 2 heterocycles. The molecule has 1 N–H and O–H groups in total. The third-order valence-electron chi connectivity index (χ3n) is 5.37. The summed E-state index contributed by atoms with van der Waals surface area (Å²) in [6.45, 7) is 4.47. The van der Waals surface area contributed by atoms with Gasteiger partial charge < -0.3 is 19.5 Å².